The van der Waals surface area contributed by atoms with Crippen molar-refractivity contribution in [3.05, 3.63) is 0 Å². The number of ether oxygens (including phenoxy) is 1. The molecule has 1 heterocycles. The minimum absolute atomic E-state index is 0.319. The van der Waals surface area contributed by atoms with Gasteiger partial charge in [-0.2, -0.15) is 12.6 Å². The summed E-state index contributed by atoms with van der Waals surface area (Å²) in [6, 6.07) is 0. The van der Waals surface area contributed by atoms with E-state index in [-0.39, 0.29) is 6.09 Å². The molecule has 1 fully saturated rings. The van der Waals surface area contributed by atoms with Crippen LogP contribution in [0.5, 0.6) is 0 Å². The van der Waals surface area contributed by atoms with Gasteiger partial charge in [-0.25, -0.2) is 4.79 Å². The van der Waals surface area contributed by atoms with Crippen LogP contribution in [0.4, 0.5) is 4.79 Å². The SMILES string of the molecule is CC(C)(C)OC(=O)NCCCCN1CCCN(CCS)C1. The van der Waals surface area contributed by atoms with Crippen LogP contribution in [-0.2, 0) is 4.74 Å². The van der Waals surface area contributed by atoms with E-state index < -0.39 is 5.60 Å². The van der Waals surface area contributed by atoms with E-state index in [0.717, 1.165) is 38.4 Å². The van der Waals surface area contributed by atoms with Crippen molar-refractivity contribution in [2.45, 2.75) is 45.6 Å². The molecule has 124 valence electrons. The lowest BCUT2D eigenvalue weighted by atomic mass is 10.2. The summed E-state index contributed by atoms with van der Waals surface area (Å²) < 4.78 is 5.20. The number of amides is 1. The molecule has 0 aromatic carbocycles. The van der Waals surface area contributed by atoms with Crippen molar-refractivity contribution in [3.8, 4) is 0 Å². The van der Waals surface area contributed by atoms with E-state index >= 15 is 0 Å². The number of rotatable bonds is 7. The molecule has 6 heteroatoms. The second-order valence-corrected chi connectivity index (χ2v) is 7.04. The van der Waals surface area contributed by atoms with Gasteiger partial charge in [0, 0.05) is 31.9 Å². The number of nitrogens with one attached hydrogen (secondary N) is 1. The summed E-state index contributed by atoms with van der Waals surface area (Å²) >= 11 is 4.29. The van der Waals surface area contributed by atoms with Gasteiger partial charge in [-0.1, -0.05) is 0 Å². The number of hydrogen-bond acceptors (Lipinski definition) is 5. The summed E-state index contributed by atoms with van der Waals surface area (Å²) in [5.74, 6) is 0.924. The highest BCUT2D eigenvalue weighted by atomic mass is 32.1. The van der Waals surface area contributed by atoms with Gasteiger partial charge < -0.3 is 10.1 Å². The number of alkyl carbamates (subject to hydrolysis) is 1. The van der Waals surface area contributed by atoms with Crippen LogP contribution in [0.2, 0.25) is 0 Å². The first-order valence-corrected chi connectivity index (χ1v) is 8.56. The van der Waals surface area contributed by atoms with Gasteiger partial charge in [0.25, 0.3) is 0 Å². The maximum absolute atomic E-state index is 11.5. The first kappa shape index (κ1) is 18.6. The Hall–Kier alpha value is -0.460. The molecule has 0 aromatic heterocycles. The Kier molecular flexibility index (Phi) is 8.44. The molecule has 5 nitrogen and oxygen atoms in total. The molecule has 1 rings (SSSR count). The van der Waals surface area contributed by atoms with Gasteiger partial charge in [0.05, 0.1) is 6.67 Å². The Labute approximate surface area is 134 Å². The fraction of sp³-hybridized carbons (Fsp3) is 0.933. The van der Waals surface area contributed by atoms with E-state index in [9.17, 15) is 4.79 Å². The highest BCUT2D eigenvalue weighted by Gasteiger charge is 2.17. The van der Waals surface area contributed by atoms with Crippen molar-refractivity contribution < 1.29 is 9.53 Å². The lowest BCUT2D eigenvalue weighted by Gasteiger charge is -2.35. The van der Waals surface area contributed by atoms with Gasteiger partial charge in [0.1, 0.15) is 5.60 Å². The molecule has 1 aliphatic heterocycles. The van der Waals surface area contributed by atoms with Crippen LogP contribution in [0.25, 0.3) is 0 Å². The third-order valence-corrected chi connectivity index (χ3v) is 3.53. The van der Waals surface area contributed by atoms with E-state index in [2.05, 4.69) is 27.7 Å². The van der Waals surface area contributed by atoms with Gasteiger partial charge in [-0.3, -0.25) is 9.80 Å². The molecule has 0 unspecified atom stereocenters. The van der Waals surface area contributed by atoms with E-state index in [0.29, 0.717) is 6.54 Å². The third-order valence-electron chi connectivity index (χ3n) is 3.33. The summed E-state index contributed by atoms with van der Waals surface area (Å²) in [5.41, 5.74) is -0.422. The van der Waals surface area contributed by atoms with Gasteiger partial charge in [-0.15, -0.1) is 0 Å². The van der Waals surface area contributed by atoms with E-state index in [1.54, 1.807) is 0 Å². The van der Waals surface area contributed by atoms with Crippen LogP contribution < -0.4 is 5.32 Å². The average Bonchev–Trinajstić information content (AvgIpc) is 2.37. The van der Waals surface area contributed by atoms with Crippen molar-refractivity contribution in [1.29, 1.82) is 0 Å². The van der Waals surface area contributed by atoms with Crippen molar-refractivity contribution >= 4 is 18.7 Å². The van der Waals surface area contributed by atoms with Crippen LogP contribution >= 0.6 is 12.6 Å². The van der Waals surface area contributed by atoms with Crippen LogP contribution in [0.1, 0.15) is 40.0 Å². The Morgan fingerprint density at radius 3 is 2.48 bits per heavy atom. The first-order valence-electron chi connectivity index (χ1n) is 7.93. The molecule has 0 radical (unpaired) electrons. The summed E-state index contributed by atoms with van der Waals surface area (Å²) in [4.78, 5) is 16.4. The highest BCUT2D eigenvalue weighted by Crippen LogP contribution is 2.08. The van der Waals surface area contributed by atoms with Crippen LogP contribution in [-0.4, -0.2) is 66.6 Å². The summed E-state index contributed by atoms with van der Waals surface area (Å²) in [7, 11) is 0. The number of unbranched alkanes of at least 4 members (excludes halogenated alkanes) is 1. The quantitative estimate of drug-likeness (QED) is 0.558. The Bertz CT molecular complexity index is 306. The molecule has 0 bridgehead atoms. The molecule has 0 aliphatic carbocycles. The summed E-state index contributed by atoms with van der Waals surface area (Å²) in [6.45, 7) is 11.9. The van der Waals surface area contributed by atoms with E-state index in [1.165, 1.54) is 19.5 Å². The fourth-order valence-corrected chi connectivity index (χ4v) is 2.70. The fourth-order valence-electron chi connectivity index (χ4n) is 2.41. The molecule has 0 atom stereocenters. The van der Waals surface area contributed by atoms with Crippen molar-refractivity contribution in [3.63, 3.8) is 0 Å². The van der Waals surface area contributed by atoms with E-state index in [4.69, 9.17) is 4.74 Å². The van der Waals surface area contributed by atoms with Crippen molar-refractivity contribution in [1.82, 2.24) is 15.1 Å². The van der Waals surface area contributed by atoms with Crippen LogP contribution in [0, 0.1) is 0 Å². The van der Waals surface area contributed by atoms with Crippen LogP contribution in [0.3, 0.4) is 0 Å². The maximum atomic E-state index is 11.5. The number of carbonyl (C=O) groups excluding carboxylic acids is 1. The lowest BCUT2D eigenvalue weighted by molar-refractivity contribution is 0.0525. The Morgan fingerprint density at radius 1 is 1.19 bits per heavy atom. The van der Waals surface area contributed by atoms with Crippen LogP contribution in [0.15, 0.2) is 0 Å². The van der Waals surface area contributed by atoms with Crippen molar-refractivity contribution in [2.75, 3.05) is 45.1 Å². The highest BCUT2D eigenvalue weighted by molar-refractivity contribution is 7.80. The minimum atomic E-state index is -0.422. The largest absolute Gasteiger partial charge is 0.444 e. The van der Waals surface area contributed by atoms with E-state index in [1.807, 2.05) is 20.8 Å². The molecule has 0 aromatic rings. The lowest BCUT2D eigenvalue weighted by Crippen LogP contribution is -2.45. The number of hydrogen-bond donors (Lipinski definition) is 2. The van der Waals surface area contributed by atoms with Gasteiger partial charge >= 0.3 is 6.09 Å². The minimum Gasteiger partial charge on any atom is -0.444 e. The number of nitrogens with zero attached hydrogens (tertiary/aromatic N) is 2. The first-order chi connectivity index (χ1) is 9.90. The number of thiol groups is 1. The zero-order chi connectivity index (χ0) is 15.7. The normalized spacial score (nSPS) is 17.7. The average molecular weight is 317 g/mol. The topological polar surface area (TPSA) is 44.8 Å². The Morgan fingerprint density at radius 2 is 1.86 bits per heavy atom. The zero-order valence-corrected chi connectivity index (χ0v) is 14.6. The van der Waals surface area contributed by atoms with Crippen molar-refractivity contribution in [2.24, 2.45) is 0 Å². The molecule has 1 N–H and O–H groups in total. The van der Waals surface area contributed by atoms with Gasteiger partial charge in [-0.05, 0) is 46.6 Å². The molecule has 1 aliphatic rings. The molecular weight excluding hydrogens is 286 g/mol. The molecule has 21 heavy (non-hydrogen) atoms. The maximum Gasteiger partial charge on any atom is 0.407 e. The second-order valence-electron chi connectivity index (χ2n) is 6.59. The predicted molar refractivity (Wildman–Crippen MR) is 90.0 cm³/mol. The molecular formula is C15H31N3O2S. The monoisotopic (exact) mass is 317 g/mol. The smallest absolute Gasteiger partial charge is 0.407 e. The molecule has 1 amide bonds. The molecule has 1 saturated heterocycles. The van der Waals surface area contributed by atoms with Gasteiger partial charge in [0.15, 0.2) is 0 Å². The summed E-state index contributed by atoms with van der Waals surface area (Å²) in [5, 5.41) is 2.81. The summed E-state index contributed by atoms with van der Waals surface area (Å²) in [6.07, 6.45) is 3.01. The zero-order valence-electron chi connectivity index (χ0n) is 13.7. The molecule has 0 saturated carbocycles. The third kappa shape index (κ3) is 9.22. The second kappa shape index (κ2) is 9.54. The number of carbonyl (C=O) groups is 1. The predicted octanol–water partition coefficient (Wildman–Crippen LogP) is 2.19. The Balaban J connectivity index is 2.05. The van der Waals surface area contributed by atoms with Gasteiger partial charge in [0.2, 0.25) is 0 Å². The standard InChI is InChI=1S/C15H31N3O2S/c1-15(2,3)20-14(19)16-7-4-5-8-17-9-6-10-18(13-17)11-12-21/h21H,4-13H2,1-3H3,(H,16,19). The molecule has 0 spiro atoms.